The summed E-state index contributed by atoms with van der Waals surface area (Å²) < 4.78 is 0.823. The van der Waals surface area contributed by atoms with Gasteiger partial charge in [0, 0.05) is 21.8 Å². The number of fused-ring (bicyclic) bond motifs is 1. The zero-order valence-corrected chi connectivity index (χ0v) is 13.7. The number of benzene rings is 1. The first-order chi connectivity index (χ1) is 9.70. The number of aliphatic hydroxyl groups excluding tert-OH is 1. The Morgan fingerprint density at radius 3 is 2.67 bits per heavy atom. The molecule has 2 aromatic rings. The smallest absolute Gasteiger partial charge is 0.291 e. The lowest BCUT2D eigenvalue weighted by molar-refractivity contribution is -0.385. The van der Waals surface area contributed by atoms with E-state index in [1.54, 1.807) is 12.1 Å². The third kappa shape index (κ3) is 3.39. The fourth-order valence-corrected chi connectivity index (χ4v) is 2.44. The predicted molar refractivity (Wildman–Crippen MR) is 85.3 cm³/mol. The standard InChI is InChI=1S/C15H17BrN2O3/c1-15(2,3)14(19)7-11-10-6-9(16)4-5-12(10)17-8-13(11)18(20)21/h4-6,8,14,19H,7H2,1-3H3. The van der Waals surface area contributed by atoms with Crippen molar-refractivity contribution in [1.29, 1.82) is 0 Å². The molecule has 0 fully saturated rings. The lowest BCUT2D eigenvalue weighted by Gasteiger charge is -2.26. The highest BCUT2D eigenvalue weighted by atomic mass is 79.9. The molecule has 2 rings (SSSR count). The highest BCUT2D eigenvalue weighted by Gasteiger charge is 2.27. The Hall–Kier alpha value is -1.53. The van der Waals surface area contributed by atoms with Crippen molar-refractivity contribution in [3.63, 3.8) is 0 Å². The minimum absolute atomic E-state index is 0.0519. The summed E-state index contributed by atoms with van der Waals surface area (Å²) in [4.78, 5) is 14.9. The Kier molecular flexibility index (Phi) is 4.30. The van der Waals surface area contributed by atoms with Crippen LogP contribution >= 0.6 is 15.9 Å². The molecule has 1 atom stereocenters. The van der Waals surface area contributed by atoms with Gasteiger partial charge in [-0.25, -0.2) is 4.98 Å². The number of aromatic nitrogens is 1. The maximum absolute atomic E-state index is 11.3. The van der Waals surface area contributed by atoms with Gasteiger partial charge in [-0.1, -0.05) is 36.7 Å². The molecule has 112 valence electrons. The number of hydrogen-bond acceptors (Lipinski definition) is 4. The van der Waals surface area contributed by atoms with E-state index in [0.717, 1.165) is 4.47 Å². The molecule has 0 spiro atoms. The molecule has 0 aliphatic rings. The van der Waals surface area contributed by atoms with E-state index in [1.807, 2.05) is 26.8 Å². The van der Waals surface area contributed by atoms with Crippen molar-refractivity contribution in [2.75, 3.05) is 0 Å². The van der Waals surface area contributed by atoms with Crippen molar-refractivity contribution in [3.05, 3.63) is 44.5 Å². The number of hydrogen-bond donors (Lipinski definition) is 1. The van der Waals surface area contributed by atoms with Crippen LogP contribution in [-0.2, 0) is 6.42 Å². The number of nitrogens with zero attached hydrogens (tertiary/aromatic N) is 2. The molecular weight excluding hydrogens is 336 g/mol. The average molecular weight is 353 g/mol. The molecule has 5 nitrogen and oxygen atoms in total. The van der Waals surface area contributed by atoms with Crippen LogP contribution < -0.4 is 0 Å². The van der Waals surface area contributed by atoms with Gasteiger partial charge >= 0.3 is 0 Å². The van der Waals surface area contributed by atoms with E-state index in [1.165, 1.54) is 6.20 Å². The Morgan fingerprint density at radius 1 is 1.43 bits per heavy atom. The Labute approximate surface area is 131 Å². The van der Waals surface area contributed by atoms with E-state index in [0.29, 0.717) is 16.5 Å². The molecule has 0 amide bonds. The number of rotatable bonds is 3. The molecule has 6 heteroatoms. The van der Waals surface area contributed by atoms with Crippen LogP contribution in [0.25, 0.3) is 10.9 Å². The van der Waals surface area contributed by atoms with Gasteiger partial charge in [0.1, 0.15) is 6.20 Å². The van der Waals surface area contributed by atoms with Gasteiger partial charge in [0.15, 0.2) is 0 Å². The molecule has 1 N–H and O–H groups in total. The topological polar surface area (TPSA) is 76.3 Å². The van der Waals surface area contributed by atoms with Crippen molar-refractivity contribution in [1.82, 2.24) is 4.98 Å². The SMILES string of the molecule is CC(C)(C)C(O)Cc1c([N+](=O)[O-])cnc2ccc(Br)cc12. The summed E-state index contributed by atoms with van der Waals surface area (Å²) in [5.41, 5.74) is 0.799. The van der Waals surface area contributed by atoms with E-state index >= 15 is 0 Å². The van der Waals surface area contributed by atoms with Crippen molar-refractivity contribution in [2.24, 2.45) is 5.41 Å². The fraction of sp³-hybridized carbons (Fsp3) is 0.400. The van der Waals surface area contributed by atoms with Crippen LogP contribution in [0.4, 0.5) is 5.69 Å². The number of nitro groups is 1. The largest absolute Gasteiger partial charge is 0.392 e. The molecule has 0 saturated heterocycles. The first kappa shape index (κ1) is 15.9. The highest BCUT2D eigenvalue weighted by Crippen LogP contribution is 2.32. The van der Waals surface area contributed by atoms with Crippen LogP contribution in [-0.4, -0.2) is 21.1 Å². The molecule has 1 heterocycles. The van der Waals surface area contributed by atoms with Gasteiger partial charge in [0.25, 0.3) is 5.69 Å². The molecule has 21 heavy (non-hydrogen) atoms. The third-order valence-electron chi connectivity index (χ3n) is 3.51. The highest BCUT2D eigenvalue weighted by molar-refractivity contribution is 9.10. The number of aliphatic hydroxyl groups is 1. The van der Waals surface area contributed by atoms with Crippen molar-refractivity contribution >= 4 is 32.5 Å². The van der Waals surface area contributed by atoms with Gasteiger partial charge < -0.3 is 5.11 Å². The van der Waals surface area contributed by atoms with Crippen molar-refractivity contribution < 1.29 is 10.0 Å². The predicted octanol–water partition coefficient (Wildman–Crippen LogP) is 3.86. The summed E-state index contributed by atoms with van der Waals surface area (Å²) in [6, 6.07) is 5.45. The van der Waals surface area contributed by atoms with Crippen LogP contribution in [0.5, 0.6) is 0 Å². The monoisotopic (exact) mass is 352 g/mol. The second-order valence-corrected chi connectivity index (χ2v) is 7.04. The minimum Gasteiger partial charge on any atom is -0.392 e. The fourth-order valence-electron chi connectivity index (χ4n) is 2.08. The molecule has 0 radical (unpaired) electrons. The van der Waals surface area contributed by atoms with E-state index in [9.17, 15) is 15.2 Å². The Bertz CT molecular complexity index is 695. The summed E-state index contributed by atoms with van der Waals surface area (Å²) in [5.74, 6) is 0. The molecule has 1 aromatic heterocycles. The molecule has 0 aliphatic carbocycles. The van der Waals surface area contributed by atoms with Crippen molar-refractivity contribution in [3.8, 4) is 0 Å². The van der Waals surface area contributed by atoms with Crippen LogP contribution in [0.15, 0.2) is 28.9 Å². The van der Waals surface area contributed by atoms with Gasteiger partial charge in [-0.2, -0.15) is 0 Å². The van der Waals surface area contributed by atoms with E-state index < -0.39 is 11.0 Å². The average Bonchev–Trinajstić information content (AvgIpc) is 2.37. The maximum atomic E-state index is 11.3. The molecule has 0 bridgehead atoms. The molecular formula is C15H17BrN2O3. The quantitative estimate of drug-likeness (QED) is 0.672. The summed E-state index contributed by atoms with van der Waals surface area (Å²) >= 11 is 3.37. The zero-order chi connectivity index (χ0) is 15.8. The normalized spacial score (nSPS) is 13.4. The van der Waals surface area contributed by atoms with E-state index in [4.69, 9.17) is 0 Å². The van der Waals surface area contributed by atoms with Gasteiger partial charge in [-0.05, 0) is 23.6 Å². The van der Waals surface area contributed by atoms with Gasteiger partial charge in [0.2, 0.25) is 0 Å². The van der Waals surface area contributed by atoms with E-state index in [2.05, 4.69) is 20.9 Å². The number of halogens is 1. The van der Waals surface area contributed by atoms with Crippen molar-refractivity contribution in [2.45, 2.75) is 33.3 Å². The van der Waals surface area contributed by atoms with E-state index in [-0.39, 0.29) is 17.5 Å². The molecule has 1 unspecified atom stereocenters. The van der Waals surface area contributed by atoms with Gasteiger partial charge in [-0.3, -0.25) is 10.1 Å². The second kappa shape index (κ2) is 5.69. The van der Waals surface area contributed by atoms with Crippen LogP contribution in [0.3, 0.4) is 0 Å². The molecule has 0 aliphatic heterocycles. The zero-order valence-electron chi connectivity index (χ0n) is 12.1. The molecule has 1 aromatic carbocycles. The van der Waals surface area contributed by atoms with Crippen LogP contribution in [0.1, 0.15) is 26.3 Å². The summed E-state index contributed by atoms with van der Waals surface area (Å²) in [5, 5.41) is 22.3. The Balaban J connectivity index is 2.64. The molecule has 0 saturated carbocycles. The Morgan fingerprint density at radius 2 is 2.10 bits per heavy atom. The first-order valence-corrected chi connectivity index (χ1v) is 7.39. The second-order valence-electron chi connectivity index (χ2n) is 6.13. The summed E-state index contributed by atoms with van der Waals surface area (Å²) in [7, 11) is 0. The van der Waals surface area contributed by atoms with Crippen LogP contribution in [0, 0.1) is 15.5 Å². The van der Waals surface area contributed by atoms with Gasteiger partial charge in [-0.15, -0.1) is 0 Å². The third-order valence-corrected chi connectivity index (χ3v) is 4.01. The summed E-state index contributed by atoms with van der Waals surface area (Å²) in [6.07, 6.45) is 0.803. The number of pyridine rings is 1. The first-order valence-electron chi connectivity index (χ1n) is 6.59. The summed E-state index contributed by atoms with van der Waals surface area (Å²) in [6.45, 7) is 5.72. The van der Waals surface area contributed by atoms with Gasteiger partial charge in [0.05, 0.1) is 16.5 Å². The maximum Gasteiger partial charge on any atom is 0.291 e. The lowest BCUT2D eigenvalue weighted by Crippen LogP contribution is -2.28. The van der Waals surface area contributed by atoms with Crippen LogP contribution in [0.2, 0.25) is 0 Å². The minimum atomic E-state index is -0.680. The lowest BCUT2D eigenvalue weighted by atomic mass is 9.84.